The molecule has 4 aromatic rings. The number of nitrogens with one attached hydrogen (secondary N) is 1. The highest BCUT2D eigenvalue weighted by Gasteiger charge is 2.14. The second-order valence-corrected chi connectivity index (χ2v) is 9.53. The van der Waals surface area contributed by atoms with Crippen molar-refractivity contribution < 1.29 is 19.4 Å². The highest BCUT2D eigenvalue weighted by Crippen LogP contribution is 2.25. The molecule has 4 heterocycles. The molecule has 4 rings (SSSR count). The molecule has 0 aromatic carbocycles. The maximum Gasteiger partial charge on any atom is 0.345 e. The molecular weight excluding hydrogens is 536 g/mol. The highest BCUT2D eigenvalue weighted by molar-refractivity contribution is 7.19. The molecule has 1 amide bonds. The predicted octanol–water partition coefficient (Wildman–Crippen LogP) is 5.13. The van der Waals surface area contributed by atoms with Crippen molar-refractivity contribution >= 4 is 88.4 Å². The molecule has 0 aliphatic rings. The number of nitrogen functional groups attached to an aromatic ring is 1. The number of carbonyl (C=O) groups excluding carboxylic acids is 2. The molecular formula is C16H11ClN6O6S4. The lowest BCUT2D eigenvalue weighted by Crippen LogP contribution is -2.09. The summed E-state index contributed by atoms with van der Waals surface area (Å²) in [5.74, 6) is -0.306. The number of hydrogen-bond donors (Lipinski definition) is 2. The fourth-order valence-electron chi connectivity index (χ4n) is 1.73. The van der Waals surface area contributed by atoms with Crippen molar-refractivity contribution in [2.45, 2.75) is 0 Å². The third-order valence-electron chi connectivity index (χ3n) is 3.05. The standard InChI is InChI=1S/C8H5N3O3S2.C5H3ClOS.C3H3N3O2S/c12-7(5-2-1-3-15-5)10-8-9-4-6(16-8)11(13)14;6-5(7)4-2-1-3-8-4;4-3-5-1-2(9-3)6(7)8/h1-4H,(H,9,10,12);1-3H;1H,(H2,4,5). The van der Waals surface area contributed by atoms with E-state index in [9.17, 15) is 29.8 Å². The van der Waals surface area contributed by atoms with Gasteiger partial charge in [-0.2, -0.15) is 0 Å². The van der Waals surface area contributed by atoms with Crippen molar-refractivity contribution in [2.75, 3.05) is 11.1 Å². The maximum atomic E-state index is 11.6. The van der Waals surface area contributed by atoms with E-state index < -0.39 is 9.85 Å². The van der Waals surface area contributed by atoms with Gasteiger partial charge in [-0.05, 0) is 57.2 Å². The van der Waals surface area contributed by atoms with Crippen LogP contribution < -0.4 is 11.1 Å². The second kappa shape index (κ2) is 12.7. The van der Waals surface area contributed by atoms with Gasteiger partial charge in [-0.1, -0.05) is 12.1 Å². The Morgan fingerprint density at radius 1 is 0.939 bits per heavy atom. The van der Waals surface area contributed by atoms with Crippen molar-refractivity contribution in [3.05, 3.63) is 77.4 Å². The number of carbonyl (C=O) groups is 2. The highest BCUT2D eigenvalue weighted by atomic mass is 35.5. The van der Waals surface area contributed by atoms with Gasteiger partial charge in [0.05, 0.1) is 19.6 Å². The molecule has 4 aromatic heterocycles. The van der Waals surface area contributed by atoms with Crippen LogP contribution in [0, 0.1) is 20.2 Å². The van der Waals surface area contributed by atoms with Crippen molar-refractivity contribution in [3.63, 3.8) is 0 Å². The van der Waals surface area contributed by atoms with Gasteiger partial charge < -0.3 is 5.73 Å². The van der Waals surface area contributed by atoms with E-state index in [0.717, 1.165) is 35.1 Å². The number of thiophene rings is 2. The van der Waals surface area contributed by atoms with Crippen LogP contribution in [-0.4, -0.2) is 31.0 Å². The van der Waals surface area contributed by atoms with Gasteiger partial charge in [-0.25, -0.2) is 9.97 Å². The van der Waals surface area contributed by atoms with E-state index >= 15 is 0 Å². The summed E-state index contributed by atoms with van der Waals surface area (Å²) < 4.78 is 0. The molecule has 0 unspecified atom stereocenters. The minimum Gasteiger partial charge on any atom is -0.375 e. The number of amides is 1. The molecule has 33 heavy (non-hydrogen) atoms. The summed E-state index contributed by atoms with van der Waals surface area (Å²) in [5.41, 5.74) is 5.12. The Labute approximate surface area is 205 Å². The minimum absolute atomic E-state index is 0.0208. The molecule has 0 aliphatic heterocycles. The Balaban J connectivity index is 0.000000192. The SMILES string of the molecule is Nc1ncc([N+](=O)[O-])s1.O=C(Cl)c1cccs1.O=C(Nc1ncc([N+](=O)[O-])s1)c1cccs1. The van der Waals surface area contributed by atoms with Gasteiger partial charge in [-0.15, -0.1) is 22.7 Å². The van der Waals surface area contributed by atoms with Crippen LogP contribution in [0.3, 0.4) is 0 Å². The summed E-state index contributed by atoms with van der Waals surface area (Å²) in [6.45, 7) is 0. The fourth-order valence-corrected chi connectivity index (χ4v) is 4.22. The molecule has 0 fully saturated rings. The molecule has 0 bridgehead atoms. The van der Waals surface area contributed by atoms with E-state index in [1.807, 2.05) is 5.38 Å². The Hall–Kier alpha value is -3.31. The van der Waals surface area contributed by atoms with Crippen LogP contribution in [0.15, 0.2) is 47.4 Å². The normalized spacial score (nSPS) is 9.61. The topological polar surface area (TPSA) is 184 Å². The fraction of sp³-hybridized carbons (Fsp3) is 0. The van der Waals surface area contributed by atoms with E-state index in [4.69, 9.17) is 17.3 Å². The number of rotatable bonds is 5. The van der Waals surface area contributed by atoms with E-state index in [0.29, 0.717) is 9.75 Å². The number of aromatic nitrogens is 2. The first-order valence-corrected chi connectivity index (χ1v) is 12.0. The average Bonchev–Trinajstić information content (AvgIpc) is 3.56. The molecule has 12 nitrogen and oxygen atoms in total. The third kappa shape index (κ3) is 8.62. The molecule has 17 heteroatoms. The van der Waals surface area contributed by atoms with Crippen LogP contribution in [0.1, 0.15) is 19.3 Å². The van der Waals surface area contributed by atoms with Gasteiger partial charge in [0.2, 0.25) is 0 Å². The lowest BCUT2D eigenvalue weighted by atomic mass is 10.4. The first-order valence-electron chi connectivity index (χ1n) is 8.21. The van der Waals surface area contributed by atoms with Gasteiger partial charge in [0, 0.05) is 0 Å². The lowest BCUT2D eigenvalue weighted by molar-refractivity contribution is -0.380. The number of nitrogens with zero attached hydrogens (tertiary/aromatic N) is 4. The molecule has 0 spiro atoms. The zero-order chi connectivity index (χ0) is 24.4. The van der Waals surface area contributed by atoms with Crippen LogP contribution in [-0.2, 0) is 0 Å². The molecule has 0 aliphatic carbocycles. The Bertz CT molecular complexity index is 1220. The molecule has 3 N–H and O–H groups in total. The molecule has 0 radical (unpaired) electrons. The Kier molecular flexibility index (Phi) is 9.95. The van der Waals surface area contributed by atoms with Crippen molar-refractivity contribution in [1.82, 2.24) is 9.97 Å². The van der Waals surface area contributed by atoms with Crippen LogP contribution >= 0.6 is 56.9 Å². The molecule has 172 valence electrons. The number of halogens is 1. The van der Waals surface area contributed by atoms with Crippen LogP contribution in [0.5, 0.6) is 0 Å². The monoisotopic (exact) mass is 546 g/mol. The largest absolute Gasteiger partial charge is 0.375 e. The van der Waals surface area contributed by atoms with Gasteiger partial charge in [0.25, 0.3) is 11.1 Å². The minimum atomic E-state index is -0.543. The smallest absolute Gasteiger partial charge is 0.345 e. The van der Waals surface area contributed by atoms with E-state index in [2.05, 4.69) is 15.3 Å². The predicted molar refractivity (Wildman–Crippen MR) is 129 cm³/mol. The van der Waals surface area contributed by atoms with Crippen LogP contribution in [0.2, 0.25) is 0 Å². The summed E-state index contributed by atoms with van der Waals surface area (Å²) in [6.07, 6.45) is 2.26. The lowest BCUT2D eigenvalue weighted by Gasteiger charge is -1.96. The van der Waals surface area contributed by atoms with Gasteiger partial charge >= 0.3 is 10.0 Å². The third-order valence-corrected chi connectivity index (χ3v) is 6.74. The molecule has 0 atom stereocenters. The summed E-state index contributed by atoms with van der Waals surface area (Å²) in [6, 6.07) is 6.91. The van der Waals surface area contributed by atoms with Crippen molar-refractivity contribution in [3.8, 4) is 0 Å². The first-order chi connectivity index (χ1) is 15.7. The van der Waals surface area contributed by atoms with E-state index in [1.165, 1.54) is 22.7 Å². The zero-order valence-electron chi connectivity index (χ0n) is 15.9. The molecule has 0 saturated heterocycles. The van der Waals surface area contributed by atoms with Gasteiger partial charge in [0.1, 0.15) is 12.4 Å². The Morgan fingerprint density at radius 3 is 1.85 bits per heavy atom. The van der Waals surface area contributed by atoms with Crippen LogP contribution in [0.4, 0.5) is 20.3 Å². The van der Waals surface area contributed by atoms with Gasteiger partial charge in [0.15, 0.2) is 10.3 Å². The Morgan fingerprint density at radius 2 is 1.48 bits per heavy atom. The van der Waals surface area contributed by atoms with E-state index in [1.54, 1.807) is 29.6 Å². The summed E-state index contributed by atoms with van der Waals surface area (Å²) >= 11 is 9.45. The number of anilines is 2. The number of nitro groups is 2. The number of hydrogen-bond acceptors (Lipinski definition) is 13. The number of nitrogens with two attached hydrogens (primary N) is 1. The van der Waals surface area contributed by atoms with Crippen molar-refractivity contribution in [2.24, 2.45) is 0 Å². The maximum absolute atomic E-state index is 11.6. The van der Waals surface area contributed by atoms with Crippen LogP contribution in [0.25, 0.3) is 0 Å². The zero-order valence-corrected chi connectivity index (χ0v) is 20.0. The van der Waals surface area contributed by atoms with Crippen molar-refractivity contribution in [1.29, 1.82) is 0 Å². The average molecular weight is 547 g/mol. The first kappa shape index (κ1) is 25.9. The quantitative estimate of drug-likeness (QED) is 0.194. The van der Waals surface area contributed by atoms with E-state index in [-0.39, 0.29) is 31.4 Å². The summed E-state index contributed by atoms with van der Waals surface area (Å²) in [7, 11) is 0. The summed E-state index contributed by atoms with van der Waals surface area (Å²) in [4.78, 5) is 49.5. The molecule has 0 saturated carbocycles. The van der Waals surface area contributed by atoms with Gasteiger partial charge in [-0.3, -0.25) is 35.1 Å². The number of thiazole rings is 2. The summed E-state index contributed by atoms with van der Waals surface area (Å²) in [5, 5.41) is 26.4. The second-order valence-electron chi connectivity index (χ2n) is 5.24.